The number of anilines is 1. The number of hydrogen-bond acceptors (Lipinski definition) is 5. The van der Waals surface area contributed by atoms with Crippen LogP contribution in [0, 0.1) is 10.1 Å². The number of fused-ring (bicyclic) bond motifs is 1. The maximum atomic E-state index is 12.1. The quantitative estimate of drug-likeness (QED) is 0.590. The second kappa shape index (κ2) is 6.18. The number of hydrogen-bond donors (Lipinski definition) is 1. The topological polar surface area (TPSA) is 98.0 Å². The van der Waals surface area contributed by atoms with Gasteiger partial charge in [-0.1, -0.05) is 24.3 Å². The molecule has 0 spiro atoms. The maximum Gasteiger partial charge on any atom is 0.269 e. The third kappa shape index (κ3) is 3.46. The fourth-order valence-electron chi connectivity index (χ4n) is 2.17. The third-order valence-electron chi connectivity index (χ3n) is 3.20. The first kappa shape index (κ1) is 14.6. The van der Waals surface area contributed by atoms with Gasteiger partial charge in [-0.15, -0.1) is 0 Å². The number of nitrogens with one attached hydrogen (secondary N) is 1. The Labute approximate surface area is 131 Å². The van der Waals surface area contributed by atoms with Gasteiger partial charge in [-0.05, 0) is 17.7 Å². The van der Waals surface area contributed by atoms with Gasteiger partial charge in [0.05, 0.1) is 28.6 Å². The standard InChI is InChI=1S/C16H12N4O3/c21-16(9-11-4-3-5-12(8-11)20(22)23)19-15-10-17-13-6-1-2-7-14(13)18-15/h1-8,10H,9H2,(H,18,19,21). The van der Waals surface area contributed by atoms with Gasteiger partial charge >= 0.3 is 0 Å². The van der Waals surface area contributed by atoms with Gasteiger partial charge in [-0.25, -0.2) is 4.98 Å². The Bertz CT molecular complexity index is 895. The van der Waals surface area contributed by atoms with Crippen molar-refractivity contribution in [2.24, 2.45) is 0 Å². The Balaban J connectivity index is 1.73. The molecule has 1 heterocycles. The first-order valence-corrected chi connectivity index (χ1v) is 6.87. The van der Waals surface area contributed by atoms with Gasteiger partial charge in [0.25, 0.3) is 5.69 Å². The van der Waals surface area contributed by atoms with E-state index in [0.29, 0.717) is 16.9 Å². The third-order valence-corrected chi connectivity index (χ3v) is 3.20. The highest BCUT2D eigenvalue weighted by molar-refractivity contribution is 5.92. The molecule has 0 unspecified atom stereocenters. The molecular weight excluding hydrogens is 296 g/mol. The zero-order chi connectivity index (χ0) is 16.2. The van der Waals surface area contributed by atoms with E-state index >= 15 is 0 Å². The van der Waals surface area contributed by atoms with Crippen molar-refractivity contribution < 1.29 is 9.72 Å². The van der Waals surface area contributed by atoms with Crippen molar-refractivity contribution in [1.29, 1.82) is 0 Å². The van der Waals surface area contributed by atoms with E-state index in [1.54, 1.807) is 18.2 Å². The first-order valence-electron chi connectivity index (χ1n) is 6.87. The van der Waals surface area contributed by atoms with Crippen LogP contribution in [-0.4, -0.2) is 20.8 Å². The highest BCUT2D eigenvalue weighted by Gasteiger charge is 2.10. The van der Waals surface area contributed by atoms with Crippen molar-refractivity contribution in [3.63, 3.8) is 0 Å². The van der Waals surface area contributed by atoms with Crippen LogP contribution in [0.3, 0.4) is 0 Å². The molecule has 0 aliphatic rings. The molecular formula is C16H12N4O3. The first-order chi connectivity index (χ1) is 11.1. The fraction of sp³-hybridized carbons (Fsp3) is 0.0625. The number of nitrogens with zero attached hydrogens (tertiary/aromatic N) is 3. The number of non-ortho nitro benzene ring substituents is 1. The lowest BCUT2D eigenvalue weighted by molar-refractivity contribution is -0.384. The summed E-state index contributed by atoms with van der Waals surface area (Å²) in [6, 6.07) is 13.3. The molecule has 0 aliphatic heterocycles. The number of aromatic nitrogens is 2. The summed E-state index contributed by atoms with van der Waals surface area (Å²) in [6.45, 7) is 0. The number of amides is 1. The highest BCUT2D eigenvalue weighted by Crippen LogP contribution is 2.15. The van der Waals surface area contributed by atoms with E-state index in [1.165, 1.54) is 18.3 Å². The van der Waals surface area contributed by atoms with Crippen molar-refractivity contribution in [2.75, 3.05) is 5.32 Å². The Morgan fingerprint density at radius 3 is 2.70 bits per heavy atom. The molecule has 1 amide bonds. The molecule has 3 aromatic rings. The highest BCUT2D eigenvalue weighted by atomic mass is 16.6. The monoisotopic (exact) mass is 308 g/mol. The predicted octanol–water partition coefficient (Wildman–Crippen LogP) is 2.72. The number of nitro benzene ring substituents is 1. The Hall–Kier alpha value is -3.35. The van der Waals surface area contributed by atoms with Gasteiger partial charge in [0.2, 0.25) is 5.91 Å². The minimum atomic E-state index is -0.490. The Morgan fingerprint density at radius 2 is 1.91 bits per heavy atom. The number of para-hydroxylation sites is 2. The Kier molecular flexibility index (Phi) is 3.92. The molecule has 0 saturated carbocycles. The molecule has 1 aromatic heterocycles. The van der Waals surface area contributed by atoms with E-state index in [4.69, 9.17) is 0 Å². The second-order valence-electron chi connectivity index (χ2n) is 4.90. The molecule has 1 N–H and O–H groups in total. The summed E-state index contributed by atoms with van der Waals surface area (Å²) in [4.78, 5) is 30.8. The van der Waals surface area contributed by atoms with Crippen LogP contribution in [0.5, 0.6) is 0 Å². The average molecular weight is 308 g/mol. The van der Waals surface area contributed by atoms with Crippen molar-refractivity contribution >= 4 is 28.4 Å². The Morgan fingerprint density at radius 1 is 1.13 bits per heavy atom. The minimum Gasteiger partial charge on any atom is -0.309 e. The lowest BCUT2D eigenvalue weighted by Crippen LogP contribution is -2.15. The van der Waals surface area contributed by atoms with Crippen LogP contribution in [-0.2, 0) is 11.2 Å². The van der Waals surface area contributed by atoms with Gasteiger partial charge in [-0.3, -0.25) is 19.9 Å². The molecule has 0 radical (unpaired) electrons. The summed E-state index contributed by atoms with van der Waals surface area (Å²) in [6.07, 6.45) is 1.50. The van der Waals surface area contributed by atoms with Crippen molar-refractivity contribution in [2.45, 2.75) is 6.42 Å². The molecule has 2 aromatic carbocycles. The summed E-state index contributed by atoms with van der Waals surface area (Å²) in [7, 11) is 0. The van der Waals surface area contributed by atoms with Gasteiger partial charge in [0.1, 0.15) is 0 Å². The molecule has 0 atom stereocenters. The van der Waals surface area contributed by atoms with E-state index in [2.05, 4.69) is 15.3 Å². The average Bonchev–Trinajstić information content (AvgIpc) is 2.55. The number of rotatable bonds is 4. The molecule has 3 rings (SSSR count). The van der Waals surface area contributed by atoms with Crippen LogP contribution in [0.25, 0.3) is 11.0 Å². The maximum absolute atomic E-state index is 12.1. The summed E-state index contributed by atoms with van der Waals surface area (Å²) in [5.41, 5.74) is 1.94. The van der Waals surface area contributed by atoms with Crippen LogP contribution in [0.2, 0.25) is 0 Å². The van der Waals surface area contributed by atoms with E-state index in [1.807, 2.05) is 18.2 Å². The smallest absolute Gasteiger partial charge is 0.269 e. The molecule has 0 bridgehead atoms. The summed E-state index contributed by atoms with van der Waals surface area (Å²) in [5, 5.41) is 13.4. The molecule has 0 aliphatic carbocycles. The normalized spacial score (nSPS) is 10.4. The molecule has 0 saturated heterocycles. The van der Waals surface area contributed by atoms with Gasteiger partial charge in [0, 0.05) is 12.1 Å². The van der Waals surface area contributed by atoms with Crippen molar-refractivity contribution in [1.82, 2.24) is 9.97 Å². The van der Waals surface area contributed by atoms with Crippen molar-refractivity contribution in [3.8, 4) is 0 Å². The number of carbonyl (C=O) groups excluding carboxylic acids is 1. The van der Waals surface area contributed by atoms with Crippen molar-refractivity contribution in [3.05, 3.63) is 70.4 Å². The number of nitro groups is 1. The second-order valence-corrected chi connectivity index (χ2v) is 4.90. The lowest BCUT2D eigenvalue weighted by atomic mass is 10.1. The molecule has 23 heavy (non-hydrogen) atoms. The minimum absolute atomic E-state index is 0.0240. The lowest BCUT2D eigenvalue weighted by Gasteiger charge is -2.05. The van der Waals surface area contributed by atoms with Gasteiger partial charge < -0.3 is 5.32 Å². The molecule has 7 nitrogen and oxygen atoms in total. The van der Waals surface area contributed by atoms with Crippen LogP contribution in [0.1, 0.15) is 5.56 Å². The van der Waals surface area contributed by atoms with Crippen LogP contribution in [0.4, 0.5) is 11.5 Å². The number of carbonyl (C=O) groups is 1. The van der Waals surface area contributed by atoms with Crippen LogP contribution >= 0.6 is 0 Å². The SMILES string of the molecule is O=C(Cc1cccc([N+](=O)[O-])c1)Nc1cnc2ccccc2n1. The van der Waals surface area contributed by atoms with E-state index < -0.39 is 4.92 Å². The van der Waals surface area contributed by atoms with E-state index in [9.17, 15) is 14.9 Å². The summed E-state index contributed by atoms with van der Waals surface area (Å²) < 4.78 is 0. The zero-order valence-corrected chi connectivity index (χ0v) is 12.0. The number of benzene rings is 2. The van der Waals surface area contributed by atoms with E-state index in [-0.39, 0.29) is 18.0 Å². The van der Waals surface area contributed by atoms with Gasteiger partial charge in [-0.2, -0.15) is 0 Å². The van der Waals surface area contributed by atoms with E-state index in [0.717, 1.165) is 5.52 Å². The summed E-state index contributed by atoms with van der Waals surface area (Å²) in [5.74, 6) is 0.0363. The van der Waals surface area contributed by atoms with Crippen LogP contribution in [0.15, 0.2) is 54.7 Å². The van der Waals surface area contributed by atoms with Crippen LogP contribution < -0.4 is 5.32 Å². The van der Waals surface area contributed by atoms with Gasteiger partial charge in [0.15, 0.2) is 5.82 Å². The largest absolute Gasteiger partial charge is 0.309 e. The molecule has 114 valence electrons. The molecule has 0 fully saturated rings. The zero-order valence-electron chi connectivity index (χ0n) is 12.0. The predicted molar refractivity (Wildman–Crippen MR) is 85.0 cm³/mol. The fourth-order valence-corrected chi connectivity index (χ4v) is 2.17. The molecule has 7 heteroatoms. The summed E-state index contributed by atoms with van der Waals surface area (Å²) >= 11 is 0.